The van der Waals surface area contributed by atoms with Crippen LogP contribution in [-0.2, 0) is 0 Å². The molecule has 1 aliphatic rings. The van der Waals surface area contributed by atoms with Gasteiger partial charge < -0.3 is 5.32 Å². The van der Waals surface area contributed by atoms with Crippen LogP contribution in [0.25, 0.3) is 0 Å². The van der Waals surface area contributed by atoms with E-state index in [-0.39, 0.29) is 11.9 Å². The molecule has 1 aliphatic heterocycles. The Morgan fingerprint density at radius 2 is 2.10 bits per heavy atom. The smallest absolute Gasteiger partial charge is 0.139 e. The Labute approximate surface area is 131 Å². The predicted molar refractivity (Wildman–Crippen MR) is 87.0 cm³/mol. The molecule has 0 bridgehead atoms. The van der Waals surface area contributed by atoms with Gasteiger partial charge >= 0.3 is 0 Å². The third kappa shape index (κ3) is 2.72. The Balaban J connectivity index is 1.91. The molecule has 0 amide bonds. The van der Waals surface area contributed by atoms with Gasteiger partial charge in [0.05, 0.1) is 10.5 Å². The third-order valence-corrected chi connectivity index (χ3v) is 5.29. The van der Waals surface area contributed by atoms with E-state index in [1.54, 1.807) is 6.07 Å². The van der Waals surface area contributed by atoms with Gasteiger partial charge in [0, 0.05) is 16.3 Å². The third-order valence-electron chi connectivity index (χ3n) is 3.56. The van der Waals surface area contributed by atoms with Gasteiger partial charge in [-0.25, -0.2) is 4.39 Å². The molecule has 0 radical (unpaired) electrons. The minimum atomic E-state index is -0.225. The highest BCUT2D eigenvalue weighted by Crippen LogP contribution is 2.38. The molecule has 2 aromatic carbocycles. The highest BCUT2D eigenvalue weighted by Gasteiger charge is 2.20. The summed E-state index contributed by atoms with van der Waals surface area (Å²) in [4.78, 5) is 1.33. The Morgan fingerprint density at radius 1 is 1.30 bits per heavy atom. The molecule has 104 valence electrons. The summed E-state index contributed by atoms with van der Waals surface area (Å²) in [7, 11) is 0. The molecule has 0 saturated carbocycles. The highest BCUT2D eigenvalue weighted by molar-refractivity contribution is 9.10. The largest absolute Gasteiger partial charge is 0.378 e. The van der Waals surface area contributed by atoms with Crippen molar-refractivity contribution in [3.8, 4) is 0 Å². The van der Waals surface area contributed by atoms with Crippen molar-refractivity contribution in [2.75, 3.05) is 11.1 Å². The summed E-state index contributed by atoms with van der Waals surface area (Å²) in [6.45, 7) is 2.00. The van der Waals surface area contributed by atoms with Crippen molar-refractivity contribution in [1.29, 1.82) is 0 Å². The van der Waals surface area contributed by atoms with E-state index in [2.05, 4.69) is 45.5 Å². The van der Waals surface area contributed by atoms with Gasteiger partial charge in [0.2, 0.25) is 0 Å². The van der Waals surface area contributed by atoms with Crippen LogP contribution >= 0.6 is 27.7 Å². The van der Waals surface area contributed by atoms with E-state index in [0.717, 1.165) is 23.4 Å². The lowest BCUT2D eigenvalue weighted by Crippen LogP contribution is -2.16. The standard InChI is InChI=1S/C16H15BrFNS/c1-10-8-12(17)13(18)9-15(10)19-14-6-7-20-16-5-3-2-4-11(14)16/h2-5,8-9,14,19H,6-7H2,1H3. The Bertz CT molecular complexity index is 644. The van der Waals surface area contributed by atoms with Crippen LogP contribution in [0.2, 0.25) is 0 Å². The van der Waals surface area contributed by atoms with Gasteiger partial charge in [-0.3, -0.25) is 0 Å². The summed E-state index contributed by atoms with van der Waals surface area (Å²) in [5.41, 5.74) is 3.23. The molecule has 0 aliphatic carbocycles. The van der Waals surface area contributed by atoms with E-state index in [4.69, 9.17) is 0 Å². The second kappa shape index (κ2) is 5.78. The SMILES string of the molecule is Cc1cc(Br)c(F)cc1NC1CCSc2ccccc21. The molecule has 2 aromatic rings. The van der Waals surface area contributed by atoms with Gasteiger partial charge in [-0.2, -0.15) is 0 Å². The van der Waals surface area contributed by atoms with Crippen molar-refractivity contribution in [3.63, 3.8) is 0 Å². The van der Waals surface area contributed by atoms with Gasteiger partial charge in [-0.1, -0.05) is 18.2 Å². The number of halogens is 2. The fraction of sp³-hybridized carbons (Fsp3) is 0.250. The summed E-state index contributed by atoms with van der Waals surface area (Å²) in [5, 5.41) is 3.50. The molecule has 4 heteroatoms. The van der Waals surface area contributed by atoms with Crippen LogP contribution in [0.1, 0.15) is 23.6 Å². The van der Waals surface area contributed by atoms with E-state index < -0.39 is 0 Å². The Kier molecular flexibility index (Phi) is 4.03. The van der Waals surface area contributed by atoms with Gasteiger partial charge in [0.15, 0.2) is 0 Å². The fourth-order valence-electron chi connectivity index (χ4n) is 2.48. The van der Waals surface area contributed by atoms with Gasteiger partial charge in [0.25, 0.3) is 0 Å². The summed E-state index contributed by atoms with van der Waals surface area (Å²) < 4.78 is 14.2. The summed E-state index contributed by atoms with van der Waals surface area (Å²) >= 11 is 5.12. The molecule has 1 nitrogen and oxygen atoms in total. The Morgan fingerprint density at radius 3 is 2.95 bits per heavy atom. The first-order valence-electron chi connectivity index (χ1n) is 6.59. The van der Waals surface area contributed by atoms with Crippen molar-refractivity contribution in [2.24, 2.45) is 0 Å². The molecule has 0 spiro atoms. The number of nitrogens with one attached hydrogen (secondary N) is 1. The molecule has 3 rings (SSSR count). The monoisotopic (exact) mass is 351 g/mol. The number of hydrogen-bond acceptors (Lipinski definition) is 2. The minimum Gasteiger partial charge on any atom is -0.378 e. The molecular formula is C16H15BrFNS. The molecule has 1 unspecified atom stereocenters. The van der Waals surface area contributed by atoms with Crippen molar-refractivity contribution in [2.45, 2.75) is 24.3 Å². The maximum atomic E-state index is 13.7. The molecule has 0 saturated heterocycles. The summed E-state index contributed by atoms with van der Waals surface area (Å²) in [6.07, 6.45) is 1.05. The molecule has 1 N–H and O–H groups in total. The number of hydrogen-bond donors (Lipinski definition) is 1. The predicted octanol–water partition coefficient (Wildman–Crippen LogP) is 5.55. The lowest BCUT2D eigenvalue weighted by Gasteiger charge is -2.27. The maximum Gasteiger partial charge on any atom is 0.139 e. The number of fused-ring (bicyclic) bond motifs is 1. The molecular weight excluding hydrogens is 337 g/mol. The first kappa shape index (κ1) is 14.0. The quantitative estimate of drug-likeness (QED) is 0.761. The number of benzene rings is 2. The fourth-order valence-corrected chi connectivity index (χ4v) is 4.06. The topological polar surface area (TPSA) is 12.0 Å². The first-order valence-corrected chi connectivity index (χ1v) is 8.37. The normalized spacial score (nSPS) is 17.6. The molecule has 1 atom stereocenters. The van der Waals surface area contributed by atoms with E-state index in [1.165, 1.54) is 10.5 Å². The maximum absolute atomic E-state index is 13.7. The zero-order valence-corrected chi connectivity index (χ0v) is 13.5. The highest BCUT2D eigenvalue weighted by atomic mass is 79.9. The van der Waals surface area contributed by atoms with Crippen molar-refractivity contribution >= 4 is 33.4 Å². The van der Waals surface area contributed by atoms with E-state index in [9.17, 15) is 4.39 Å². The van der Waals surface area contributed by atoms with Gasteiger partial charge in [0.1, 0.15) is 5.82 Å². The van der Waals surface area contributed by atoms with Crippen molar-refractivity contribution < 1.29 is 4.39 Å². The lowest BCUT2D eigenvalue weighted by atomic mass is 10.0. The Hall–Kier alpha value is -1.00. The number of aryl methyl sites for hydroxylation is 1. The lowest BCUT2D eigenvalue weighted by molar-refractivity contribution is 0.620. The zero-order chi connectivity index (χ0) is 14.1. The number of rotatable bonds is 2. The molecule has 0 aromatic heterocycles. The summed E-state index contributed by atoms with van der Waals surface area (Å²) in [6, 6.07) is 12.1. The van der Waals surface area contributed by atoms with Crippen molar-refractivity contribution in [1.82, 2.24) is 0 Å². The van der Waals surface area contributed by atoms with Crippen LogP contribution in [0.5, 0.6) is 0 Å². The second-order valence-corrected chi connectivity index (χ2v) is 6.94. The number of thioether (sulfide) groups is 1. The molecule has 0 fully saturated rings. The van der Waals surface area contributed by atoms with Crippen LogP contribution < -0.4 is 5.32 Å². The average molecular weight is 352 g/mol. The van der Waals surface area contributed by atoms with Crippen LogP contribution in [0.4, 0.5) is 10.1 Å². The van der Waals surface area contributed by atoms with Crippen molar-refractivity contribution in [3.05, 3.63) is 57.8 Å². The van der Waals surface area contributed by atoms with E-state index in [0.29, 0.717) is 4.47 Å². The first-order chi connectivity index (χ1) is 9.65. The zero-order valence-electron chi connectivity index (χ0n) is 11.1. The van der Waals surface area contributed by atoms with Crippen LogP contribution in [0.3, 0.4) is 0 Å². The van der Waals surface area contributed by atoms with Crippen LogP contribution in [0.15, 0.2) is 45.8 Å². The second-order valence-electron chi connectivity index (χ2n) is 4.95. The average Bonchev–Trinajstić information content (AvgIpc) is 2.45. The number of anilines is 1. The van der Waals surface area contributed by atoms with E-state index >= 15 is 0 Å². The van der Waals surface area contributed by atoms with E-state index in [1.807, 2.05) is 24.8 Å². The van der Waals surface area contributed by atoms with Crippen LogP contribution in [0, 0.1) is 12.7 Å². The molecule has 20 heavy (non-hydrogen) atoms. The van der Waals surface area contributed by atoms with Gasteiger partial charge in [-0.15, -0.1) is 11.8 Å². The minimum absolute atomic E-state index is 0.225. The summed E-state index contributed by atoms with van der Waals surface area (Å²) in [5.74, 6) is 0.865. The van der Waals surface area contributed by atoms with Gasteiger partial charge in [-0.05, 0) is 58.6 Å². The van der Waals surface area contributed by atoms with Crippen LogP contribution in [-0.4, -0.2) is 5.75 Å². The molecule has 1 heterocycles.